The monoisotopic (exact) mass is 566 g/mol. The molecule has 4 aromatic carbocycles. The molecule has 14 heteroatoms. The van der Waals surface area contributed by atoms with E-state index in [9.17, 15) is 29.8 Å². The fourth-order valence-electron chi connectivity index (χ4n) is 4.28. The van der Waals surface area contributed by atoms with Crippen molar-refractivity contribution in [1.29, 1.82) is 0 Å². The number of H-pyrrole nitrogens is 2. The van der Waals surface area contributed by atoms with Crippen LogP contribution in [-0.4, -0.2) is 52.4 Å². The average molecular weight is 566 g/mol. The highest BCUT2D eigenvalue weighted by Crippen LogP contribution is 2.28. The topological polar surface area (TPSA) is 218 Å². The molecule has 0 radical (unpaired) electrons. The van der Waals surface area contributed by atoms with E-state index in [2.05, 4.69) is 20.4 Å². The first-order valence-corrected chi connectivity index (χ1v) is 12.0. The standard InChI is InChI=1S/2C14H9N3O4/c2*18-14(19)13-11-6-3-9(7-12(11)15-16-13)8-1-4-10(5-2-8)17(20)21/h2*1-7H,(H,15,16)(H,18,19). The van der Waals surface area contributed by atoms with Gasteiger partial charge in [0.15, 0.2) is 11.4 Å². The van der Waals surface area contributed by atoms with Crippen molar-refractivity contribution < 1.29 is 29.6 Å². The van der Waals surface area contributed by atoms with E-state index in [1.807, 2.05) is 0 Å². The molecule has 208 valence electrons. The van der Waals surface area contributed by atoms with Gasteiger partial charge in [0, 0.05) is 35.0 Å². The number of hydrogen-bond acceptors (Lipinski definition) is 8. The van der Waals surface area contributed by atoms with E-state index in [1.54, 1.807) is 60.7 Å². The van der Waals surface area contributed by atoms with Gasteiger partial charge in [-0.1, -0.05) is 12.1 Å². The van der Waals surface area contributed by atoms with Crippen molar-refractivity contribution in [3.63, 3.8) is 0 Å². The fraction of sp³-hybridized carbons (Fsp3) is 0. The van der Waals surface area contributed by atoms with Crippen LogP contribution in [0.5, 0.6) is 0 Å². The second kappa shape index (κ2) is 11.0. The third-order valence-corrected chi connectivity index (χ3v) is 6.35. The number of non-ortho nitro benzene ring substituents is 2. The molecule has 0 fully saturated rings. The van der Waals surface area contributed by atoms with Gasteiger partial charge in [0.25, 0.3) is 11.4 Å². The van der Waals surface area contributed by atoms with Crippen LogP contribution in [-0.2, 0) is 0 Å². The number of aromatic carboxylic acids is 2. The molecule has 0 aliphatic rings. The van der Waals surface area contributed by atoms with Gasteiger partial charge in [0.1, 0.15) is 0 Å². The first kappa shape index (κ1) is 27.1. The summed E-state index contributed by atoms with van der Waals surface area (Å²) in [6.07, 6.45) is 0. The quantitative estimate of drug-likeness (QED) is 0.143. The first-order valence-electron chi connectivity index (χ1n) is 12.0. The van der Waals surface area contributed by atoms with Crippen molar-refractivity contribution in [1.82, 2.24) is 20.4 Å². The number of hydrogen-bond donors (Lipinski definition) is 4. The SMILES string of the molecule is O=C(O)c1n[nH]c2cc(-c3ccc([N+](=O)[O-])cc3)ccc12.O=C(O)c1n[nH]c2cc(-c3ccc([N+](=O)[O-])cc3)ccc12. The summed E-state index contributed by atoms with van der Waals surface area (Å²) in [5.41, 5.74) is 4.43. The molecule has 42 heavy (non-hydrogen) atoms. The molecule has 0 aliphatic heterocycles. The summed E-state index contributed by atoms with van der Waals surface area (Å²) in [5, 5.41) is 53.1. The van der Waals surface area contributed by atoms with Gasteiger partial charge in [-0.3, -0.25) is 30.4 Å². The number of aromatic nitrogens is 4. The number of carboxylic acids is 2. The Morgan fingerprint density at radius 1 is 0.571 bits per heavy atom. The van der Waals surface area contributed by atoms with Gasteiger partial charge in [0.2, 0.25) is 0 Å². The third-order valence-electron chi connectivity index (χ3n) is 6.35. The lowest BCUT2D eigenvalue weighted by atomic mass is 10.0. The maximum absolute atomic E-state index is 11.0. The predicted octanol–water partition coefficient (Wildman–Crippen LogP) is 5.67. The zero-order valence-electron chi connectivity index (χ0n) is 21.2. The summed E-state index contributed by atoms with van der Waals surface area (Å²) >= 11 is 0. The van der Waals surface area contributed by atoms with Crippen LogP contribution in [0.3, 0.4) is 0 Å². The van der Waals surface area contributed by atoms with E-state index in [-0.39, 0.29) is 22.8 Å². The summed E-state index contributed by atoms with van der Waals surface area (Å²) in [6.45, 7) is 0. The Balaban J connectivity index is 0.000000168. The van der Waals surface area contributed by atoms with Gasteiger partial charge < -0.3 is 10.2 Å². The van der Waals surface area contributed by atoms with Crippen molar-refractivity contribution in [3.8, 4) is 22.3 Å². The number of nitro benzene ring substituents is 2. The van der Waals surface area contributed by atoms with Gasteiger partial charge in [-0.15, -0.1) is 0 Å². The maximum Gasteiger partial charge on any atom is 0.357 e. The number of rotatable bonds is 6. The fourth-order valence-corrected chi connectivity index (χ4v) is 4.28. The average Bonchev–Trinajstić information content (AvgIpc) is 3.61. The third kappa shape index (κ3) is 5.35. The molecule has 0 aliphatic carbocycles. The number of carbonyl (C=O) groups is 2. The largest absolute Gasteiger partial charge is 0.476 e. The Kier molecular flexibility index (Phi) is 7.09. The van der Waals surface area contributed by atoms with Crippen molar-refractivity contribution in [2.75, 3.05) is 0 Å². The molecule has 0 saturated carbocycles. The molecule has 0 amide bonds. The van der Waals surface area contributed by atoms with E-state index in [0.717, 1.165) is 22.3 Å². The lowest BCUT2D eigenvalue weighted by Gasteiger charge is -2.01. The van der Waals surface area contributed by atoms with E-state index >= 15 is 0 Å². The minimum Gasteiger partial charge on any atom is -0.476 e. The van der Waals surface area contributed by atoms with Gasteiger partial charge in [-0.25, -0.2) is 9.59 Å². The van der Waals surface area contributed by atoms with Crippen LogP contribution < -0.4 is 0 Å². The summed E-state index contributed by atoms with van der Waals surface area (Å²) in [6, 6.07) is 22.7. The molecular formula is C28H18N6O8. The molecule has 0 bridgehead atoms. The second-order valence-corrected chi connectivity index (χ2v) is 8.88. The van der Waals surface area contributed by atoms with Gasteiger partial charge in [0.05, 0.1) is 20.9 Å². The van der Waals surface area contributed by atoms with Crippen LogP contribution in [0.2, 0.25) is 0 Å². The van der Waals surface area contributed by atoms with E-state index in [0.29, 0.717) is 21.8 Å². The number of nitro groups is 2. The Morgan fingerprint density at radius 3 is 1.21 bits per heavy atom. The second-order valence-electron chi connectivity index (χ2n) is 8.88. The van der Waals surface area contributed by atoms with Gasteiger partial charge in [-0.2, -0.15) is 10.2 Å². The number of nitrogens with zero attached hydrogens (tertiary/aromatic N) is 4. The van der Waals surface area contributed by atoms with Crippen LogP contribution in [0.1, 0.15) is 21.0 Å². The summed E-state index contributed by atoms with van der Waals surface area (Å²) < 4.78 is 0. The van der Waals surface area contributed by atoms with Crippen LogP contribution >= 0.6 is 0 Å². The number of carboxylic acid groups (broad SMARTS) is 2. The number of aromatic amines is 2. The summed E-state index contributed by atoms with van der Waals surface area (Å²) in [7, 11) is 0. The molecule has 2 aromatic heterocycles. The first-order chi connectivity index (χ1) is 20.1. The van der Waals surface area contributed by atoms with E-state index < -0.39 is 21.8 Å². The van der Waals surface area contributed by atoms with Crippen LogP contribution in [0.4, 0.5) is 11.4 Å². The minimum atomic E-state index is -1.09. The molecule has 2 heterocycles. The van der Waals surface area contributed by atoms with Gasteiger partial charge in [-0.05, 0) is 70.8 Å². The van der Waals surface area contributed by atoms with E-state index in [1.165, 1.54) is 24.3 Å². The zero-order valence-corrected chi connectivity index (χ0v) is 21.2. The smallest absolute Gasteiger partial charge is 0.357 e. The molecule has 0 unspecified atom stereocenters. The number of nitrogens with one attached hydrogen (secondary N) is 2. The van der Waals surface area contributed by atoms with Crippen molar-refractivity contribution in [2.24, 2.45) is 0 Å². The summed E-state index contributed by atoms with van der Waals surface area (Å²) in [5.74, 6) is -2.19. The Bertz CT molecular complexity index is 1850. The molecule has 4 N–H and O–H groups in total. The van der Waals surface area contributed by atoms with Crippen molar-refractivity contribution >= 4 is 45.1 Å². The molecule has 6 aromatic rings. The van der Waals surface area contributed by atoms with Crippen LogP contribution in [0, 0.1) is 20.2 Å². The molecule has 0 atom stereocenters. The molecule has 0 saturated heterocycles. The maximum atomic E-state index is 11.0. The summed E-state index contributed by atoms with van der Waals surface area (Å²) in [4.78, 5) is 42.3. The normalized spacial score (nSPS) is 10.7. The highest BCUT2D eigenvalue weighted by Gasteiger charge is 2.15. The van der Waals surface area contributed by atoms with Crippen LogP contribution in [0.15, 0.2) is 84.9 Å². The Hall–Kier alpha value is -6.44. The lowest BCUT2D eigenvalue weighted by Crippen LogP contribution is -1.96. The predicted molar refractivity (Wildman–Crippen MR) is 150 cm³/mol. The molecule has 0 spiro atoms. The molecular weight excluding hydrogens is 548 g/mol. The van der Waals surface area contributed by atoms with Crippen molar-refractivity contribution in [2.45, 2.75) is 0 Å². The lowest BCUT2D eigenvalue weighted by molar-refractivity contribution is -0.385. The highest BCUT2D eigenvalue weighted by molar-refractivity contribution is 6.02. The van der Waals surface area contributed by atoms with E-state index in [4.69, 9.17) is 10.2 Å². The van der Waals surface area contributed by atoms with Crippen LogP contribution in [0.25, 0.3) is 44.1 Å². The Morgan fingerprint density at radius 2 is 0.905 bits per heavy atom. The molecule has 6 rings (SSSR count). The minimum absolute atomic E-state index is 0.0227. The van der Waals surface area contributed by atoms with Gasteiger partial charge >= 0.3 is 11.9 Å². The zero-order chi connectivity index (χ0) is 30.0. The highest BCUT2D eigenvalue weighted by atomic mass is 16.6. The Labute approximate surface area is 234 Å². The molecule has 14 nitrogen and oxygen atoms in total. The van der Waals surface area contributed by atoms with Crippen molar-refractivity contribution in [3.05, 3.63) is 117 Å². The number of benzene rings is 4. The number of fused-ring (bicyclic) bond motifs is 2.